The minimum atomic E-state index is -5.00. The summed E-state index contributed by atoms with van der Waals surface area (Å²) in [5.41, 5.74) is -2.42. The number of nitrogens with one attached hydrogen (secondary N) is 2. The molecule has 198 valence electrons. The van der Waals surface area contributed by atoms with Gasteiger partial charge in [-0.05, 0) is 48.9 Å². The van der Waals surface area contributed by atoms with E-state index < -0.39 is 50.3 Å². The van der Waals surface area contributed by atoms with E-state index in [-0.39, 0.29) is 21.9 Å². The Morgan fingerprint density at radius 3 is 2.50 bits per heavy atom. The van der Waals surface area contributed by atoms with Gasteiger partial charge in [0.05, 0.1) is 15.9 Å². The van der Waals surface area contributed by atoms with Crippen LogP contribution < -0.4 is 10.1 Å². The second-order valence-electron chi connectivity index (χ2n) is 8.34. The molecule has 2 aromatic heterocycles. The van der Waals surface area contributed by atoms with Crippen molar-refractivity contribution in [3.63, 3.8) is 0 Å². The van der Waals surface area contributed by atoms with Crippen molar-refractivity contribution in [3.8, 4) is 22.8 Å². The van der Waals surface area contributed by atoms with E-state index in [1.54, 1.807) is 0 Å². The van der Waals surface area contributed by atoms with Gasteiger partial charge in [0, 0.05) is 41.2 Å². The number of hydrogen-bond donors (Lipinski definition) is 2. The monoisotopic (exact) mass is 548 g/mol. The predicted octanol–water partition coefficient (Wildman–Crippen LogP) is 5.42. The Balaban J connectivity index is 1.93. The van der Waals surface area contributed by atoms with Gasteiger partial charge in [0.2, 0.25) is 0 Å². The van der Waals surface area contributed by atoms with Crippen molar-refractivity contribution in [2.45, 2.75) is 18.0 Å². The highest BCUT2D eigenvalue weighted by Crippen LogP contribution is 2.41. The molecule has 14 heteroatoms. The van der Waals surface area contributed by atoms with E-state index in [9.17, 15) is 26.6 Å². The van der Waals surface area contributed by atoms with Crippen LogP contribution in [-0.2, 0) is 23.0 Å². The number of ether oxygens (including phenoxy) is 1. The minimum Gasteiger partial charge on any atom is -0.437 e. The molecule has 1 unspecified atom stereocenters. The molecule has 0 saturated heterocycles. The topological polar surface area (TPSA) is 123 Å². The Labute approximate surface area is 214 Å². The van der Waals surface area contributed by atoms with Crippen molar-refractivity contribution in [2.75, 3.05) is 11.6 Å². The van der Waals surface area contributed by atoms with Crippen LogP contribution in [0.5, 0.6) is 11.6 Å². The molecule has 0 aliphatic heterocycles. The number of rotatable bonds is 6. The minimum absolute atomic E-state index is 0.0357. The highest BCUT2D eigenvalue weighted by Gasteiger charge is 2.40. The van der Waals surface area contributed by atoms with E-state index in [0.717, 1.165) is 18.3 Å². The third-order valence-corrected chi connectivity index (χ3v) is 6.47. The summed E-state index contributed by atoms with van der Waals surface area (Å²) in [7, 11) is -1.66. The lowest BCUT2D eigenvalue weighted by atomic mass is 10.0. The average molecular weight is 549 g/mol. The summed E-state index contributed by atoms with van der Waals surface area (Å²) in [6, 6.07) is 9.02. The Hall–Kier alpha value is -4.33. The lowest BCUT2D eigenvalue weighted by molar-refractivity contribution is -0.141. The van der Waals surface area contributed by atoms with Gasteiger partial charge in [0.1, 0.15) is 17.1 Å². The first kappa shape index (κ1) is 26.7. The first-order valence-corrected chi connectivity index (χ1v) is 12.8. The van der Waals surface area contributed by atoms with E-state index in [1.165, 1.54) is 61.4 Å². The summed E-state index contributed by atoms with van der Waals surface area (Å²) in [5, 5.41) is 13.3. The van der Waals surface area contributed by atoms with Crippen molar-refractivity contribution in [1.29, 1.82) is 4.78 Å². The third-order valence-electron chi connectivity index (χ3n) is 5.32. The van der Waals surface area contributed by atoms with Gasteiger partial charge in [-0.15, -0.1) is 10.2 Å². The summed E-state index contributed by atoms with van der Waals surface area (Å²) in [6.45, 7) is 1.51. The number of amides is 1. The summed E-state index contributed by atoms with van der Waals surface area (Å²) < 4.78 is 82.7. The lowest BCUT2D eigenvalue weighted by Crippen LogP contribution is -2.20. The second kappa shape index (κ2) is 9.85. The van der Waals surface area contributed by atoms with Crippen molar-refractivity contribution >= 4 is 21.3 Å². The highest BCUT2D eigenvalue weighted by molar-refractivity contribution is 7.91. The SMILES string of the molecule is Cc1cc(F)ccc1Oc1nnc(C(F)(F)F)c(-c2cnn(C)c2)c1C(=O)Nc1cccc(S(C)(=N)=O)c1. The Kier molecular flexibility index (Phi) is 6.93. The van der Waals surface area contributed by atoms with Gasteiger partial charge in [-0.1, -0.05) is 6.07 Å². The molecule has 9 nitrogen and oxygen atoms in total. The van der Waals surface area contributed by atoms with Crippen LogP contribution in [0.15, 0.2) is 59.8 Å². The quantitative estimate of drug-likeness (QED) is 0.310. The molecule has 0 fully saturated rings. The maximum Gasteiger partial charge on any atom is 0.435 e. The number of hydrogen-bond acceptors (Lipinski definition) is 7. The average Bonchev–Trinajstić information content (AvgIpc) is 3.25. The number of carbonyl (C=O) groups is 1. The number of nitrogens with zero attached hydrogens (tertiary/aromatic N) is 4. The van der Waals surface area contributed by atoms with Gasteiger partial charge in [-0.3, -0.25) is 9.48 Å². The fraction of sp³-hybridized carbons (Fsp3) is 0.167. The summed E-state index contributed by atoms with van der Waals surface area (Å²) >= 11 is 0. The molecule has 2 aromatic carbocycles. The van der Waals surface area contributed by atoms with Crippen molar-refractivity contribution in [3.05, 3.63) is 77.5 Å². The van der Waals surface area contributed by atoms with Gasteiger partial charge in [0.25, 0.3) is 11.8 Å². The second-order valence-corrected chi connectivity index (χ2v) is 10.5. The van der Waals surface area contributed by atoms with Crippen molar-refractivity contribution in [1.82, 2.24) is 20.0 Å². The fourth-order valence-electron chi connectivity index (χ4n) is 3.57. The summed E-state index contributed by atoms with van der Waals surface area (Å²) in [4.78, 5) is 13.7. The molecule has 0 spiro atoms. The van der Waals surface area contributed by atoms with Gasteiger partial charge < -0.3 is 10.1 Å². The largest absolute Gasteiger partial charge is 0.437 e. The Bertz CT molecular complexity index is 1650. The van der Waals surface area contributed by atoms with Crippen LogP contribution in [0.25, 0.3) is 11.1 Å². The lowest BCUT2D eigenvalue weighted by Gasteiger charge is -2.18. The molecule has 1 atom stereocenters. The van der Waals surface area contributed by atoms with Crippen LogP contribution in [0.3, 0.4) is 0 Å². The zero-order chi connectivity index (χ0) is 27.8. The predicted molar refractivity (Wildman–Crippen MR) is 130 cm³/mol. The van der Waals surface area contributed by atoms with Crippen LogP contribution >= 0.6 is 0 Å². The zero-order valence-electron chi connectivity index (χ0n) is 20.1. The molecule has 0 saturated carbocycles. The van der Waals surface area contributed by atoms with E-state index in [4.69, 9.17) is 9.52 Å². The summed E-state index contributed by atoms with van der Waals surface area (Å²) in [5.74, 6) is -2.15. The van der Waals surface area contributed by atoms with Gasteiger partial charge in [-0.25, -0.2) is 13.4 Å². The first-order chi connectivity index (χ1) is 17.7. The highest BCUT2D eigenvalue weighted by atomic mass is 32.2. The maximum atomic E-state index is 14.1. The molecule has 0 bridgehead atoms. The number of halogens is 4. The number of carbonyl (C=O) groups excluding carboxylic acids is 1. The van der Waals surface area contributed by atoms with Crippen molar-refractivity contribution < 1.29 is 31.3 Å². The molecule has 4 rings (SSSR count). The van der Waals surface area contributed by atoms with E-state index in [2.05, 4.69) is 20.6 Å². The molecule has 4 aromatic rings. The molecular weight excluding hydrogens is 528 g/mol. The maximum absolute atomic E-state index is 14.1. The van der Waals surface area contributed by atoms with Crippen molar-refractivity contribution in [2.24, 2.45) is 7.05 Å². The number of anilines is 1. The van der Waals surface area contributed by atoms with E-state index in [0.29, 0.717) is 5.56 Å². The molecule has 2 N–H and O–H groups in total. The van der Waals surface area contributed by atoms with Crippen LogP contribution in [0.4, 0.5) is 23.2 Å². The molecule has 2 heterocycles. The molecule has 0 aliphatic rings. The third kappa shape index (κ3) is 5.64. The van der Waals surface area contributed by atoms with Gasteiger partial charge >= 0.3 is 6.18 Å². The molecule has 0 radical (unpaired) electrons. The normalized spacial score (nSPS) is 13.1. The molecule has 38 heavy (non-hydrogen) atoms. The molecule has 0 aliphatic carbocycles. The Morgan fingerprint density at radius 1 is 1.16 bits per heavy atom. The van der Waals surface area contributed by atoms with Crippen LogP contribution in [0.1, 0.15) is 21.6 Å². The van der Waals surface area contributed by atoms with Crippen LogP contribution in [-0.4, -0.2) is 36.3 Å². The Morgan fingerprint density at radius 2 is 1.89 bits per heavy atom. The van der Waals surface area contributed by atoms with Gasteiger partial charge in [0.15, 0.2) is 5.69 Å². The molecular formula is C24H20F4N6O3S. The number of benzene rings is 2. The van der Waals surface area contributed by atoms with Gasteiger partial charge in [-0.2, -0.15) is 18.3 Å². The number of aryl methyl sites for hydroxylation is 2. The standard InChI is InChI=1S/C24H20F4N6O3S/c1-13-9-15(25)7-8-18(13)37-23-20(22(35)31-16-5-4-6-17(10-16)38(3,29)36)19(14-11-30-34(2)12-14)21(32-33-23)24(26,27)28/h4-12,29H,1-3H3,(H,31,35). The van der Waals surface area contributed by atoms with E-state index in [1.807, 2.05) is 0 Å². The zero-order valence-corrected chi connectivity index (χ0v) is 20.9. The number of aromatic nitrogens is 4. The smallest absolute Gasteiger partial charge is 0.435 e. The van der Waals surface area contributed by atoms with E-state index >= 15 is 0 Å². The molecule has 1 amide bonds. The van der Waals surface area contributed by atoms with Crippen LogP contribution in [0.2, 0.25) is 0 Å². The fourth-order valence-corrected chi connectivity index (χ4v) is 4.26. The van der Waals surface area contributed by atoms with Crippen LogP contribution in [0, 0.1) is 17.5 Å². The first-order valence-electron chi connectivity index (χ1n) is 10.8. The summed E-state index contributed by atoms with van der Waals surface area (Å²) in [6.07, 6.45) is -1.42. The number of alkyl halides is 3.